The highest BCUT2D eigenvalue weighted by Crippen LogP contribution is 2.42. The molecule has 1 aliphatic carbocycles. The maximum Gasteiger partial charge on any atom is 0.275 e. The molecule has 1 aliphatic heterocycles. The van der Waals surface area contributed by atoms with Crippen LogP contribution in [0.5, 0.6) is 5.75 Å². The number of aromatic nitrogens is 2. The number of ether oxygens (including phenoxy) is 1. The van der Waals surface area contributed by atoms with Gasteiger partial charge in [-0.3, -0.25) is 9.89 Å². The zero-order chi connectivity index (χ0) is 19.1. The van der Waals surface area contributed by atoms with Crippen molar-refractivity contribution in [3.05, 3.63) is 88.8 Å². The molecule has 2 heterocycles. The standard InChI is InChI=1S/C23H21N3O2/c1-28-18-9-5-8-17(14-18)23(16-6-3-2-4-7-16)11-10-19-20(15-23)24-25-21(19)22(27)26-12-13-26/h2-11,14H,12-13,15H2,1H3,(H,24,25). The number of hydrogen-bond acceptors (Lipinski definition) is 3. The SMILES string of the molecule is COc1cccc(C2(c3ccccc3)C=Cc3c(C(=O)N4CC4)n[nH]c3C2)c1. The van der Waals surface area contributed by atoms with Gasteiger partial charge < -0.3 is 9.64 Å². The first-order valence-electron chi connectivity index (χ1n) is 9.47. The fourth-order valence-corrected chi connectivity index (χ4v) is 4.03. The summed E-state index contributed by atoms with van der Waals surface area (Å²) in [6, 6.07) is 18.6. The van der Waals surface area contributed by atoms with Crippen molar-refractivity contribution >= 4 is 12.0 Å². The molecule has 2 aliphatic rings. The maximum absolute atomic E-state index is 12.5. The van der Waals surface area contributed by atoms with Crippen molar-refractivity contribution in [3.8, 4) is 5.75 Å². The van der Waals surface area contributed by atoms with Gasteiger partial charge in [0.15, 0.2) is 5.69 Å². The molecule has 28 heavy (non-hydrogen) atoms. The Kier molecular flexibility index (Phi) is 3.83. The molecule has 5 nitrogen and oxygen atoms in total. The van der Waals surface area contributed by atoms with Crippen molar-refractivity contribution in [2.24, 2.45) is 0 Å². The average Bonchev–Trinajstić information content (AvgIpc) is 3.53. The monoisotopic (exact) mass is 371 g/mol. The molecule has 1 unspecified atom stereocenters. The molecular weight excluding hydrogens is 350 g/mol. The van der Waals surface area contributed by atoms with Crippen molar-refractivity contribution < 1.29 is 9.53 Å². The lowest BCUT2D eigenvalue weighted by Crippen LogP contribution is -2.30. The lowest BCUT2D eigenvalue weighted by Gasteiger charge is -2.34. The van der Waals surface area contributed by atoms with E-state index in [1.165, 1.54) is 5.56 Å². The number of nitrogens with zero attached hydrogens (tertiary/aromatic N) is 2. The summed E-state index contributed by atoms with van der Waals surface area (Å²) in [5.74, 6) is 0.838. The van der Waals surface area contributed by atoms with E-state index in [2.05, 4.69) is 52.7 Å². The van der Waals surface area contributed by atoms with Gasteiger partial charge in [0.1, 0.15) is 5.75 Å². The van der Waals surface area contributed by atoms with Crippen LogP contribution in [-0.4, -0.2) is 41.2 Å². The van der Waals surface area contributed by atoms with Crippen molar-refractivity contribution in [1.82, 2.24) is 15.1 Å². The minimum absolute atomic E-state index is 0.00995. The van der Waals surface area contributed by atoms with Crippen LogP contribution in [0.1, 0.15) is 32.9 Å². The molecule has 0 saturated carbocycles. The van der Waals surface area contributed by atoms with Gasteiger partial charge in [-0.05, 0) is 23.3 Å². The molecule has 0 radical (unpaired) electrons. The number of allylic oxidation sites excluding steroid dienone is 1. The molecule has 140 valence electrons. The van der Waals surface area contributed by atoms with E-state index < -0.39 is 0 Å². The van der Waals surface area contributed by atoms with E-state index in [1.807, 2.05) is 24.3 Å². The molecule has 3 aromatic rings. The van der Waals surface area contributed by atoms with E-state index in [1.54, 1.807) is 12.0 Å². The Bertz CT molecular complexity index is 1070. The number of H-pyrrole nitrogens is 1. The molecule has 0 bridgehead atoms. The van der Waals surface area contributed by atoms with E-state index in [4.69, 9.17) is 4.74 Å². The van der Waals surface area contributed by atoms with E-state index in [-0.39, 0.29) is 11.3 Å². The predicted octanol–water partition coefficient (Wildman–Crippen LogP) is 3.43. The Hall–Kier alpha value is -3.34. The Morgan fingerprint density at radius 3 is 2.64 bits per heavy atom. The van der Waals surface area contributed by atoms with Gasteiger partial charge >= 0.3 is 0 Å². The van der Waals surface area contributed by atoms with E-state index in [0.717, 1.165) is 35.7 Å². The van der Waals surface area contributed by atoms with E-state index >= 15 is 0 Å². The van der Waals surface area contributed by atoms with Gasteiger partial charge in [-0.1, -0.05) is 54.6 Å². The number of methoxy groups -OCH3 is 1. The fraction of sp³-hybridized carbons (Fsp3) is 0.217. The molecular formula is C23H21N3O2. The number of nitrogens with one attached hydrogen (secondary N) is 1. The molecule has 1 fully saturated rings. The molecule has 1 atom stereocenters. The van der Waals surface area contributed by atoms with Gasteiger partial charge in [0, 0.05) is 36.2 Å². The summed E-state index contributed by atoms with van der Waals surface area (Å²) in [5, 5.41) is 7.49. The van der Waals surface area contributed by atoms with Crippen LogP contribution in [0.25, 0.3) is 6.08 Å². The first kappa shape index (κ1) is 16.8. The van der Waals surface area contributed by atoms with Crippen LogP contribution in [0.4, 0.5) is 0 Å². The number of aromatic amines is 1. The summed E-state index contributed by atoms with van der Waals surface area (Å²) in [6.45, 7) is 1.64. The highest BCUT2D eigenvalue weighted by molar-refractivity contribution is 5.97. The maximum atomic E-state index is 12.5. The lowest BCUT2D eigenvalue weighted by molar-refractivity contribution is 0.0880. The third-order valence-corrected chi connectivity index (χ3v) is 5.68. The van der Waals surface area contributed by atoms with Gasteiger partial charge in [0.05, 0.1) is 7.11 Å². The van der Waals surface area contributed by atoms with Crippen LogP contribution in [0.2, 0.25) is 0 Å². The number of hydrogen-bond donors (Lipinski definition) is 1. The summed E-state index contributed by atoms with van der Waals surface area (Å²) in [6.07, 6.45) is 4.95. The normalized spacial score (nSPS) is 20.0. The summed E-state index contributed by atoms with van der Waals surface area (Å²) < 4.78 is 5.47. The van der Waals surface area contributed by atoms with Crippen molar-refractivity contribution in [3.63, 3.8) is 0 Å². The Labute approximate surface area is 163 Å². The van der Waals surface area contributed by atoms with E-state index in [0.29, 0.717) is 12.1 Å². The quantitative estimate of drug-likeness (QED) is 0.715. The minimum Gasteiger partial charge on any atom is -0.497 e. The Morgan fingerprint density at radius 1 is 1.11 bits per heavy atom. The number of carbonyl (C=O) groups excluding carboxylic acids is 1. The van der Waals surface area contributed by atoms with Crippen molar-refractivity contribution in [1.29, 1.82) is 0 Å². The second-order valence-corrected chi connectivity index (χ2v) is 7.34. The van der Waals surface area contributed by atoms with Crippen molar-refractivity contribution in [2.75, 3.05) is 20.2 Å². The topological polar surface area (TPSA) is 58.0 Å². The van der Waals surface area contributed by atoms with Crippen LogP contribution in [-0.2, 0) is 11.8 Å². The highest BCUT2D eigenvalue weighted by Gasteiger charge is 2.38. The molecule has 1 N–H and O–H groups in total. The minimum atomic E-state index is -0.352. The van der Waals surface area contributed by atoms with Gasteiger partial charge in [0.2, 0.25) is 0 Å². The second-order valence-electron chi connectivity index (χ2n) is 7.34. The average molecular weight is 371 g/mol. The number of amides is 1. The van der Waals surface area contributed by atoms with Crippen LogP contribution in [0.15, 0.2) is 60.7 Å². The van der Waals surface area contributed by atoms with Gasteiger partial charge in [-0.2, -0.15) is 5.10 Å². The summed E-state index contributed by atoms with van der Waals surface area (Å²) in [7, 11) is 1.68. The zero-order valence-corrected chi connectivity index (χ0v) is 15.7. The molecule has 0 spiro atoms. The second kappa shape index (κ2) is 6.37. The third-order valence-electron chi connectivity index (χ3n) is 5.68. The smallest absolute Gasteiger partial charge is 0.275 e. The first-order chi connectivity index (χ1) is 13.7. The van der Waals surface area contributed by atoms with Gasteiger partial charge in [-0.25, -0.2) is 0 Å². The van der Waals surface area contributed by atoms with E-state index in [9.17, 15) is 4.79 Å². The Balaban J connectivity index is 1.64. The Morgan fingerprint density at radius 2 is 1.89 bits per heavy atom. The lowest BCUT2D eigenvalue weighted by atomic mass is 9.68. The summed E-state index contributed by atoms with van der Waals surface area (Å²) >= 11 is 0. The largest absolute Gasteiger partial charge is 0.497 e. The third kappa shape index (κ3) is 2.62. The van der Waals surface area contributed by atoms with Crippen LogP contribution in [0, 0.1) is 0 Å². The number of rotatable bonds is 4. The number of carbonyl (C=O) groups is 1. The van der Waals surface area contributed by atoms with Crippen LogP contribution >= 0.6 is 0 Å². The zero-order valence-electron chi connectivity index (χ0n) is 15.7. The molecule has 1 saturated heterocycles. The van der Waals surface area contributed by atoms with Crippen molar-refractivity contribution in [2.45, 2.75) is 11.8 Å². The van der Waals surface area contributed by atoms with Gasteiger partial charge in [0.25, 0.3) is 5.91 Å². The van der Waals surface area contributed by atoms with Gasteiger partial charge in [-0.15, -0.1) is 0 Å². The molecule has 5 rings (SSSR count). The molecule has 1 amide bonds. The van der Waals surface area contributed by atoms with Crippen LogP contribution in [0.3, 0.4) is 0 Å². The first-order valence-corrected chi connectivity index (χ1v) is 9.47. The molecule has 2 aromatic carbocycles. The molecule has 1 aromatic heterocycles. The summed E-state index contributed by atoms with van der Waals surface area (Å²) in [5.41, 5.74) is 4.41. The highest BCUT2D eigenvalue weighted by atomic mass is 16.5. The summed E-state index contributed by atoms with van der Waals surface area (Å²) in [4.78, 5) is 14.3. The number of fused-ring (bicyclic) bond motifs is 1. The fourth-order valence-electron chi connectivity index (χ4n) is 4.03. The number of benzene rings is 2. The predicted molar refractivity (Wildman–Crippen MR) is 107 cm³/mol. The van der Waals surface area contributed by atoms with Crippen LogP contribution < -0.4 is 4.74 Å². The molecule has 5 heteroatoms.